The highest BCUT2D eigenvalue weighted by atomic mass is 16.6. The summed E-state index contributed by atoms with van der Waals surface area (Å²) in [5, 5.41) is 0. The van der Waals surface area contributed by atoms with Gasteiger partial charge in [0.2, 0.25) is 0 Å². The zero-order valence-corrected chi connectivity index (χ0v) is 9.75. The molecule has 0 saturated heterocycles. The molecule has 0 fully saturated rings. The summed E-state index contributed by atoms with van der Waals surface area (Å²) in [7, 11) is 0. The molecule has 0 bridgehead atoms. The van der Waals surface area contributed by atoms with Crippen LogP contribution in [0.25, 0.3) is 0 Å². The molecule has 0 unspecified atom stereocenters. The van der Waals surface area contributed by atoms with Crippen molar-refractivity contribution in [2.75, 3.05) is 0 Å². The van der Waals surface area contributed by atoms with E-state index in [2.05, 4.69) is 0 Å². The van der Waals surface area contributed by atoms with Crippen molar-refractivity contribution in [1.29, 1.82) is 0 Å². The maximum absolute atomic E-state index is 11.5. The Bertz CT molecular complexity index is 391. The Labute approximate surface area is 99.5 Å². The van der Waals surface area contributed by atoms with E-state index in [1.165, 1.54) is 6.92 Å². The second-order valence-electron chi connectivity index (χ2n) is 3.55. The van der Waals surface area contributed by atoms with Crippen LogP contribution >= 0.6 is 0 Å². The average molecular weight is 237 g/mol. The van der Waals surface area contributed by atoms with E-state index in [1.807, 2.05) is 6.07 Å². The molecular formula is C12H15NO4. The fourth-order valence-electron chi connectivity index (χ4n) is 1.08. The third kappa shape index (κ3) is 4.14. The maximum Gasteiger partial charge on any atom is 0.347 e. The summed E-state index contributed by atoms with van der Waals surface area (Å²) in [6.45, 7) is 2.96. The average Bonchev–Trinajstić information content (AvgIpc) is 2.29. The van der Waals surface area contributed by atoms with Gasteiger partial charge in [-0.15, -0.1) is 0 Å². The van der Waals surface area contributed by atoms with Gasteiger partial charge in [0.05, 0.1) is 0 Å². The first kappa shape index (κ1) is 13.0. The van der Waals surface area contributed by atoms with Crippen molar-refractivity contribution >= 4 is 11.9 Å². The number of hydrogen-bond donors (Lipinski definition) is 1. The van der Waals surface area contributed by atoms with Crippen LogP contribution in [0.5, 0.6) is 5.75 Å². The first-order valence-electron chi connectivity index (χ1n) is 5.22. The van der Waals surface area contributed by atoms with Crippen molar-refractivity contribution < 1.29 is 19.1 Å². The quantitative estimate of drug-likeness (QED) is 0.771. The predicted octanol–water partition coefficient (Wildman–Crippen LogP) is 0.871. The van der Waals surface area contributed by atoms with Crippen LogP contribution in [0.4, 0.5) is 0 Å². The third-order valence-corrected chi connectivity index (χ3v) is 2.08. The van der Waals surface area contributed by atoms with E-state index in [0.717, 1.165) is 0 Å². The fourth-order valence-corrected chi connectivity index (χ4v) is 1.08. The predicted molar refractivity (Wildman–Crippen MR) is 61.3 cm³/mol. The minimum atomic E-state index is -0.954. The van der Waals surface area contributed by atoms with Gasteiger partial charge in [0.1, 0.15) is 5.75 Å². The molecule has 0 aromatic heterocycles. The lowest BCUT2D eigenvalue weighted by molar-refractivity contribution is -0.159. The standard InChI is InChI=1S/C12H15NO4/c1-8(11(13)14)17-12(15)9(2)16-10-6-4-3-5-7-10/h3-9H,1-2H3,(H2,13,14)/t8-,9-/m1/s1. The molecule has 0 saturated carbocycles. The van der Waals surface area contributed by atoms with Crippen LogP contribution in [0.2, 0.25) is 0 Å². The fraction of sp³-hybridized carbons (Fsp3) is 0.333. The highest BCUT2D eigenvalue weighted by Crippen LogP contribution is 2.11. The van der Waals surface area contributed by atoms with Crippen molar-refractivity contribution in [3.63, 3.8) is 0 Å². The van der Waals surface area contributed by atoms with Gasteiger partial charge in [-0.2, -0.15) is 0 Å². The van der Waals surface area contributed by atoms with Gasteiger partial charge in [-0.3, -0.25) is 4.79 Å². The Hall–Kier alpha value is -2.04. The van der Waals surface area contributed by atoms with Gasteiger partial charge in [0, 0.05) is 0 Å². The molecule has 5 heteroatoms. The van der Waals surface area contributed by atoms with Crippen molar-refractivity contribution in [3.8, 4) is 5.75 Å². The zero-order valence-electron chi connectivity index (χ0n) is 9.75. The van der Waals surface area contributed by atoms with Crippen LogP contribution in [-0.2, 0) is 14.3 Å². The summed E-state index contributed by atoms with van der Waals surface area (Å²) >= 11 is 0. The number of hydrogen-bond acceptors (Lipinski definition) is 4. The second-order valence-corrected chi connectivity index (χ2v) is 3.55. The second kappa shape index (κ2) is 5.89. The van der Waals surface area contributed by atoms with E-state index in [-0.39, 0.29) is 0 Å². The lowest BCUT2D eigenvalue weighted by atomic mass is 10.3. The van der Waals surface area contributed by atoms with Crippen LogP contribution in [0.15, 0.2) is 30.3 Å². The molecule has 0 radical (unpaired) electrons. The Morgan fingerprint density at radius 1 is 1.12 bits per heavy atom. The molecule has 0 aliphatic heterocycles. The van der Waals surface area contributed by atoms with Crippen LogP contribution in [0.3, 0.4) is 0 Å². The minimum Gasteiger partial charge on any atom is -0.479 e. The van der Waals surface area contributed by atoms with Crippen molar-refractivity contribution in [2.45, 2.75) is 26.1 Å². The summed E-state index contributed by atoms with van der Waals surface area (Å²) in [6.07, 6.45) is -1.75. The van der Waals surface area contributed by atoms with Crippen molar-refractivity contribution in [1.82, 2.24) is 0 Å². The lowest BCUT2D eigenvalue weighted by Gasteiger charge is -2.16. The Balaban J connectivity index is 2.50. The number of benzene rings is 1. The Morgan fingerprint density at radius 2 is 1.71 bits per heavy atom. The normalized spacial score (nSPS) is 13.5. The Morgan fingerprint density at radius 3 is 2.24 bits per heavy atom. The van der Waals surface area contributed by atoms with Crippen molar-refractivity contribution in [2.24, 2.45) is 5.73 Å². The lowest BCUT2D eigenvalue weighted by Crippen LogP contribution is -2.35. The number of carbonyl (C=O) groups excluding carboxylic acids is 2. The first-order valence-corrected chi connectivity index (χ1v) is 5.22. The number of nitrogens with two attached hydrogens (primary N) is 1. The van der Waals surface area contributed by atoms with E-state index in [4.69, 9.17) is 15.2 Å². The first-order chi connectivity index (χ1) is 8.00. The molecule has 2 N–H and O–H groups in total. The highest BCUT2D eigenvalue weighted by Gasteiger charge is 2.21. The van der Waals surface area contributed by atoms with Gasteiger partial charge in [0.25, 0.3) is 5.91 Å². The Kier molecular flexibility index (Phi) is 4.51. The monoisotopic (exact) mass is 237 g/mol. The summed E-state index contributed by atoms with van der Waals surface area (Å²) < 4.78 is 10.1. The van der Waals surface area contributed by atoms with Crippen LogP contribution in [0.1, 0.15) is 13.8 Å². The van der Waals surface area contributed by atoms with E-state index in [0.29, 0.717) is 5.75 Å². The molecule has 0 aliphatic carbocycles. The summed E-state index contributed by atoms with van der Waals surface area (Å²) in [6, 6.07) is 8.87. The third-order valence-electron chi connectivity index (χ3n) is 2.08. The van der Waals surface area contributed by atoms with E-state index in [9.17, 15) is 9.59 Å². The smallest absolute Gasteiger partial charge is 0.347 e. The molecule has 2 atom stereocenters. The van der Waals surface area contributed by atoms with Gasteiger partial charge in [0.15, 0.2) is 12.2 Å². The molecule has 1 rings (SSSR count). The summed E-state index contributed by atoms with van der Waals surface area (Å²) in [5.74, 6) is -0.755. The highest BCUT2D eigenvalue weighted by molar-refractivity contribution is 5.83. The van der Waals surface area contributed by atoms with Gasteiger partial charge in [-0.25, -0.2) is 4.79 Å². The van der Waals surface area contributed by atoms with Crippen LogP contribution in [-0.4, -0.2) is 24.1 Å². The van der Waals surface area contributed by atoms with Gasteiger partial charge in [-0.05, 0) is 26.0 Å². The largest absolute Gasteiger partial charge is 0.479 e. The van der Waals surface area contributed by atoms with E-state index in [1.54, 1.807) is 31.2 Å². The number of para-hydroxylation sites is 1. The topological polar surface area (TPSA) is 78.6 Å². The summed E-state index contributed by atoms with van der Waals surface area (Å²) in [4.78, 5) is 22.2. The number of ether oxygens (including phenoxy) is 2. The number of esters is 1. The molecule has 1 amide bonds. The number of amides is 1. The molecule has 0 aliphatic rings. The van der Waals surface area contributed by atoms with Crippen LogP contribution < -0.4 is 10.5 Å². The number of carbonyl (C=O) groups is 2. The molecular weight excluding hydrogens is 222 g/mol. The van der Waals surface area contributed by atoms with Gasteiger partial charge < -0.3 is 15.2 Å². The van der Waals surface area contributed by atoms with E-state index >= 15 is 0 Å². The minimum absolute atomic E-state index is 0.559. The molecule has 1 aromatic rings. The van der Waals surface area contributed by atoms with Crippen LogP contribution in [0, 0.1) is 0 Å². The molecule has 5 nitrogen and oxygen atoms in total. The maximum atomic E-state index is 11.5. The summed E-state index contributed by atoms with van der Waals surface area (Å²) in [5.41, 5.74) is 4.98. The number of rotatable bonds is 5. The zero-order chi connectivity index (χ0) is 12.8. The molecule has 0 heterocycles. The SMILES string of the molecule is C[C@@H](OC(=O)[C@@H](C)Oc1ccccc1)C(N)=O. The van der Waals surface area contributed by atoms with Gasteiger partial charge >= 0.3 is 5.97 Å². The van der Waals surface area contributed by atoms with Gasteiger partial charge in [-0.1, -0.05) is 18.2 Å². The molecule has 17 heavy (non-hydrogen) atoms. The molecule has 1 aromatic carbocycles. The van der Waals surface area contributed by atoms with E-state index < -0.39 is 24.1 Å². The molecule has 0 spiro atoms. The molecule has 92 valence electrons. The number of primary amides is 1. The van der Waals surface area contributed by atoms with Crippen molar-refractivity contribution in [3.05, 3.63) is 30.3 Å².